The van der Waals surface area contributed by atoms with Crippen molar-refractivity contribution < 1.29 is 19.4 Å². The molecule has 0 spiro atoms. The maximum absolute atomic E-state index is 13.3. The van der Waals surface area contributed by atoms with Crippen LogP contribution in [0.4, 0.5) is 4.39 Å². The van der Waals surface area contributed by atoms with Crippen LogP contribution in [0.25, 0.3) is 21.7 Å². The van der Waals surface area contributed by atoms with Crippen molar-refractivity contribution in [3.8, 4) is 11.6 Å². The first-order valence-corrected chi connectivity index (χ1v) is 10.1. The van der Waals surface area contributed by atoms with Gasteiger partial charge in [0.1, 0.15) is 11.3 Å². The number of fused-ring (bicyclic) bond motifs is 2. The highest BCUT2D eigenvalue weighted by atomic mass is 19.1. The standard InChI is InChI=1S/C24H22FN3O3/c1-26-23(31)24(7-8-24)19-16-10-14(9-13-3-5-15(25)6-4-13)11-27-20(16)21(29)18-17(19)12-28(2)22(18)30/h3-6,10-12,29-30H,7-9H2,1-2H3,(H,26,31). The van der Waals surface area contributed by atoms with E-state index in [2.05, 4.69) is 10.3 Å². The summed E-state index contributed by atoms with van der Waals surface area (Å²) < 4.78 is 14.8. The van der Waals surface area contributed by atoms with E-state index >= 15 is 0 Å². The Bertz CT molecular complexity index is 1350. The van der Waals surface area contributed by atoms with Gasteiger partial charge in [0.05, 0.1) is 10.8 Å². The summed E-state index contributed by atoms with van der Waals surface area (Å²) in [5, 5.41) is 25.9. The Kier molecular flexibility index (Phi) is 4.18. The summed E-state index contributed by atoms with van der Waals surface area (Å²) in [5.41, 5.74) is 2.22. The van der Waals surface area contributed by atoms with Crippen LogP contribution in [-0.4, -0.2) is 32.7 Å². The molecule has 7 heteroatoms. The zero-order valence-corrected chi connectivity index (χ0v) is 17.2. The number of carbonyl (C=O) groups excluding carboxylic acids is 1. The molecule has 0 radical (unpaired) electrons. The molecule has 1 aliphatic rings. The fourth-order valence-corrected chi connectivity index (χ4v) is 4.60. The number of likely N-dealkylation sites (N-methyl/N-ethyl adjacent to an activating group) is 1. The number of halogens is 1. The largest absolute Gasteiger partial charge is 0.505 e. The molecule has 0 aliphatic heterocycles. The Morgan fingerprint density at radius 2 is 1.90 bits per heavy atom. The third kappa shape index (κ3) is 2.84. The molecule has 3 N–H and O–H groups in total. The molecule has 2 aromatic heterocycles. The molecule has 158 valence electrons. The quantitative estimate of drug-likeness (QED) is 0.471. The van der Waals surface area contributed by atoms with Gasteiger partial charge in [-0.25, -0.2) is 4.39 Å². The van der Waals surface area contributed by atoms with Crippen molar-refractivity contribution in [2.75, 3.05) is 7.05 Å². The Balaban J connectivity index is 1.79. The number of aromatic nitrogens is 2. The lowest BCUT2D eigenvalue weighted by Crippen LogP contribution is -2.32. The van der Waals surface area contributed by atoms with Gasteiger partial charge in [0.2, 0.25) is 11.8 Å². The molecule has 5 rings (SSSR count). The number of benzene rings is 2. The van der Waals surface area contributed by atoms with Crippen LogP contribution in [0.3, 0.4) is 0 Å². The molecule has 1 fully saturated rings. The van der Waals surface area contributed by atoms with Gasteiger partial charge in [0.15, 0.2) is 5.75 Å². The second kappa shape index (κ2) is 6.70. The molecule has 6 nitrogen and oxygen atoms in total. The van der Waals surface area contributed by atoms with Crippen molar-refractivity contribution in [3.63, 3.8) is 0 Å². The van der Waals surface area contributed by atoms with Crippen molar-refractivity contribution in [2.45, 2.75) is 24.7 Å². The monoisotopic (exact) mass is 419 g/mol. The number of hydrogen-bond donors (Lipinski definition) is 3. The fraction of sp³-hybridized carbons (Fsp3) is 0.250. The number of nitrogens with one attached hydrogen (secondary N) is 1. The molecular weight excluding hydrogens is 397 g/mol. The number of amides is 1. The number of hydrogen-bond acceptors (Lipinski definition) is 4. The summed E-state index contributed by atoms with van der Waals surface area (Å²) in [6, 6.07) is 8.23. The summed E-state index contributed by atoms with van der Waals surface area (Å²) in [6.45, 7) is 0. The minimum atomic E-state index is -0.719. The molecule has 2 aromatic carbocycles. The zero-order chi connectivity index (χ0) is 21.9. The molecule has 31 heavy (non-hydrogen) atoms. The minimum absolute atomic E-state index is 0.0689. The SMILES string of the molecule is CNC(=O)C1(c2c3cc(Cc4ccc(F)cc4)cnc3c(O)c3c(O)n(C)cc23)CC1. The lowest BCUT2D eigenvalue weighted by molar-refractivity contribution is -0.123. The van der Waals surface area contributed by atoms with Gasteiger partial charge in [-0.05, 0) is 54.2 Å². The molecule has 4 aromatic rings. The van der Waals surface area contributed by atoms with Crippen LogP contribution < -0.4 is 5.32 Å². The van der Waals surface area contributed by atoms with Gasteiger partial charge in [-0.3, -0.25) is 9.78 Å². The summed E-state index contributed by atoms with van der Waals surface area (Å²) in [5.74, 6) is -0.554. The van der Waals surface area contributed by atoms with Crippen molar-refractivity contribution in [2.24, 2.45) is 7.05 Å². The van der Waals surface area contributed by atoms with Gasteiger partial charge in [-0.2, -0.15) is 0 Å². The van der Waals surface area contributed by atoms with Crippen LogP contribution in [0.2, 0.25) is 0 Å². The first kappa shape index (κ1) is 19.4. The third-order valence-corrected chi connectivity index (χ3v) is 6.31. The zero-order valence-electron chi connectivity index (χ0n) is 17.2. The molecule has 0 bridgehead atoms. The molecule has 0 saturated heterocycles. The van der Waals surface area contributed by atoms with Crippen LogP contribution in [0, 0.1) is 5.82 Å². The van der Waals surface area contributed by atoms with Crippen LogP contribution in [0.15, 0.2) is 42.7 Å². The van der Waals surface area contributed by atoms with E-state index in [1.165, 1.54) is 16.7 Å². The van der Waals surface area contributed by atoms with E-state index in [1.54, 1.807) is 38.6 Å². The van der Waals surface area contributed by atoms with E-state index in [1.807, 2.05) is 6.07 Å². The lowest BCUT2D eigenvalue weighted by Gasteiger charge is -2.19. The van der Waals surface area contributed by atoms with Gasteiger partial charge in [0, 0.05) is 37.3 Å². The maximum atomic E-state index is 13.3. The fourth-order valence-electron chi connectivity index (χ4n) is 4.60. The van der Waals surface area contributed by atoms with Crippen molar-refractivity contribution in [1.29, 1.82) is 0 Å². The summed E-state index contributed by atoms with van der Waals surface area (Å²) in [4.78, 5) is 17.4. The van der Waals surface area contributed by atoms with Gasteiger partial charge in [-0.15, -0.1) is 0 Å². The van der Waals surface area contributed by atoms with E-state index in [0.717, 1.165) is 16.7 Å². The Labute approximate surface area is 178 Å². The van der Waals surface area contributed by atoms with Crippen LogP contribution >= 0.6 is 0 Å². The van der Waals surface area contributed by atoms with Crippen molar-refractivity contribution in [3.05, 3.63) is 65.2 Å². The number of pyridine rings is 1. The Morgan fingerprint density at radius 1 is 1.19 bits per heavy atom. The highest BCUT2D eigenvalue weighted by Crippen LogP contribution is 2.55. The molecule has 0 unspecified atom stereocenters. The number of phenolic OH excluding ortho intramolecular Hbond substituents is 1. The smallest absolute Gasteiger partial charge is 0.230 e. The maximum Gasteiger partial charge on any atom is 0.230 e. The first-order valence-electron chi connectivity index (χ1n) is 10.1. The number of phenols is 1. The second-order valence-corrected chi connectivity index (χ2v) is 8.28. The van der Waals surface area contributed by atoms with E-state index in [9.17, 15) is 19.4 Å². The number of rotatable bonds is 4. The predicted octanol–water partition coefficient (Wildman–Crippen LogP) is 3.65. The predicted molar refractivity (Wildman–Crippen MR) is 116 cm³/mol. The normalized spacial score (nSPS) is 14.8. The summed E-state index contributed by atoms with van der Waals surface area (Å²) in [6.07, 6.45) is 5.31. The minimum Gasteiger partial charge on any atom is -0.505 e. The van der Waals surface area contributed by atoms with Crippen LogP contribution in [0.1, 0.15) is 29.5 Å². The highest BCUT2D eigenvalue weighted by molar-refractivity contribution is 6.13. The number of aryl methyl sites for hydroxylation is 1. The number of aromatic hydroxyl groups is 2. The van der Waals surface area contributed by atoms with Gasteiger partial charge in [0.25, 0.3) is 0 Å². The highest BCUT2D eigenvalue weighted by Gasteiger charge is 2.53. The van der Waals surface area contributed by atoms with E-state index in [4.69, 9.17) is 0 Å². The molecule has 1 amide bonds. The molecule has 0 atom stereocenters. The van der Waals surface area contributed by atoms with Crippen molar-refractivity contribution in [1.82, 2.24) is 14.9 Å². The second-order valence-electron chi connectivity index (χ2n) is 8.28. The summed E-state index contributed by atoms with van der Waals surface area (Å²) >= 11 is 0. The third-order valence-electron chi connectivity index (χ3n) is 6.31. The Hall–Kier alpha value is -3.61. The first-order chi connectivity index (χ1) is 14.9. The average Bonchev–Trinajstić information content (AvgIpc) is 3.50. The number of carbonyl (C=O) groups is 1. The van der Waals surface area contributed by atoms with Crippen molar-refractivity contribution >= 4 is 27.6 Å². The van der Waals surface area contributed by atoms with Gasteiger partial charge in [-0.1, -0.05) is 12.1 Å². The molecule has 1 saturated carbocycles. The Morgan fingerprint density at radius 3 is 2.55 bits per heavy atom. The van der Waals surface area contributed by atoms with Gasteiger partial charge < -0.3 is 20.1 Å². The van der Waals surface area contributed by atoms with E-state index in [0.29, 0.717) is 40.9 Å². The molecular formula is C24H22FN3O3. The summed E-state index contributed by atoms with van der Waals surface area (Å²) in [7, 11) is 3.30. The van der Waals surface area contributed by atoms with E-state index in [-0.39, 0.29) is 23.4 Å². The van der Waals surface area contributed by atoms with Gasteiger partial charge >= 0.3 is 0 Å². The van der Waals surface area contributed by atoms with E-state index < -0.39 is 5.41 Å². The lowest BCUT2D eigenvalue weighted by atomic mass is 9.86. The number of nitrogens with zero attached hydrogens (tertiary/aromatic N) is 2. The topological polar surface area (TPSA) is 87.4 Å². The molecule has 1 aliphatic carbocycles. The van der Waals surface area contributed by atoms with Crippen LogP contribution in [0.5, 0.6) is 11.6 Å². The average molecular weight is 419 g/mol. The molecule has 2 heterocycles. The van der Waals surface area contributed by atoms with Crippen LogP contribution in [-0.2, 0) is 23.7 Å².